The molecule has 0 unspecified atom stereocenters. The SMILES string of the molecule is CC(C)(C)C(C)(C)CNCc1nccc(N)n1. The molecule has 0 radical (unpaired) electrons. The van der Waals surface area contributed by atoms with Gasteiger partial charge in [-0.3, -0.25) is 0 Å². The van der Waals surface area contributed by atoms with Crippen molar-refractivity contribution in [3.8, 4) is 0 Å². The van der Waals surface area contributed by atoms with Crippen molar-refractivity contribution in [2.24, 2.45) is 10.8 Å². The standard InChI is InChI=1S/C13H24N4/c1-12(2,3)13(4,5)9-15-8-11-16-7-6-10(14)17-11/h6-7,15H,8-9H2,1-5H3,(H2,14,16,17). The first-order valence-corrected chi connectivity index (χ1v) is 6.00. The lowest BCUT2D eigenvalue weighted by Gasteiger charge is -2.39. The number of aromatic nitrogens is 2. The summed E-state index contributed by atoms with van der Waals surface area (Å²) in [5, 5.41) is 3.40. The van der Waals surface area contributed by atoms with Crippen molar-refractivity contribution in [3.63, 3.8) is 0 Å². The Morgan fingerprint density at radius 2 is 1.88 bits per heavy atom. The molecule has 96 valence electrons. The van der Waals surface area contributed by atoms with Gasteiger partial charge in [0.25, 0.3) is 0 Å². The Kier molecular flexibility index (Phi) is 4.09. The van der Waals surface area contributed by atoms with Crippen LogP contribution in [0.4, 0.5) is 5.82 Å². The van der Waals surface area contributed by atoms with Crippen LogP contribution in [-0.4, -0.2) is 16.5 Å². The van der Waals surface area contributed by atoms with E-state index in [0.29, 0.717) is 12.4 Å². The van der Waals surface area contributed by atoms with Gasteiger partial charge in [-0.05, 0) is 16.9 Å². The lowest BCUT2D eigenvalue weighted by atomic mass is 9.69. The van der Waals surface area contributed by atoms with Crippen molar-refractivity contribution >= 4 is 5.82 Å². The second kappa shape index (κ2) is 5.00. The normalized spacial score (nSPS) is 12.8. The van der Waals surface area contributed by atoms with Crippen LogP contribution in [0, 0.1) is 10.8 Å². The summed E-state index contributed by atoms with van der Waals surface area (Å²) in [6.45, 7) is 12.9. The van der Waals surface area contributed by atoms with E-state index >= 15 is 0 Å². The van der Waals surface area contributed by atoms with Crippen LogP contribution < -0.4 is 11.1 Å². The van der Waals surface area contributed by atoms with Gasteiger partial charge in [0.2, 0.25) is 0 Å². The zero-order valence-corrected chi connectivity index (χ0v) is 11.5. The molecule has 0 atom stereocenters. The van der Waals surface area contributed by atoms with E-state index in [-0.39, 0.29) is 10.8 Å². The Hall–Kier alpha value is -1.16. The minimum atomic E-state index is 0.216. The topological polar surface area (TPSA) is 63.8 Å². The van der Waals surface area contributed by atoms with Gasteiger partial charge in [-0.15, -0.1) is 0 Å². The lowest BCUT2D eigenvalue weighted by Crippen LogP contribution is -2.39. The summed E-state index contributed by atoms with van der Waals surface area (Å²) in [4.78, 5) is 8.33. The molecule has 1 rings (SSSR count). The molecule has 1 heterocycles. The summed E-state index contributed by atoms with van der Waals surface area (Å²) in [6.07, 6.45) is 1.69. The maximum absolute atomic E-state index is 5.61. The highest BCUT2D eigenvalue weighted by Crippen LogP contribution is 2.36. The molecule has 0 spiro atoms. The predicted octanol–water partition coefficient (Wildman–Crippen LogP) is 2.22. The summed E-state index contributed by atoms with van der Waals surface area (Å²) in [7, 11) is 0. The molecule has 3 N–H and O–H groups in total. The van der Waals surface area contributed by atoms with E-state index in [2.05, 4.69) is 49.9 Å². The molecule has 0 fully saturated rings. The predicted molar refractivity (Wildman–Crippen MR) is 71.4 cm³/mol. The van der Waals surface area contributed by atoms with Gasteiger partial charge in [0.1, 0.15) is 11.6 Å². The summed E-state index contributed by atoms with van der Waals surface area (Å²) in [6, 6.07) is 1.70. The van der Waals surface area contributed by atoms with Gasteiger partial charge in [-0.25, -0.2) is 9.97 Å². The maximum atomic E-state index is 5.61. The maximum Gasteiger partial charge on any atom is 0.144 e. The monoisotopic (exact) mass is 236 g/mol. The molecule has 0 aromatic carbocycles. The van der Waals surface area contributed by atoms with Crippen molar-refractivity contribution in [3.05, 3.63) is 18.1 Å². The first-order valence-electron chi connectivity index (χ1n) is 6.00. The Morgan fingerprint density at radius 3 is 2.41 bits per heavy atom. The number of hydrogen-bond donors (Lipinski definition) is 2. The fourth-order valence-corrected chi connectivity index (χ4v) is 1.25. The molecule has 4 nitrogen and oxygen atoms in total. The van der Waals surface area contributed by atoms with E-state index < -0.39 is 0 Å². The van der Waals surface area contributed by atoms with E-state index in [1.54, 1.807) is 12.3 Å². The van der Waals surface area contributed by atoms with E-state index in [1.165, 1.54) is 0 Å². The van der Waals surface area contributed by atoms with E-state index in [1.807, 2.05) is 0 Å². The quantitative estimate of drug-likeness (QED) is 0.841. The third-order valence-electron chi connectivity index (χ3n) is 3.61. The van der Waals surface area contributed by atoms with Gasteiger partial charge < -0.3 is 11.1 Å². The second-order valence-electron chi connectivity index (χ2n) is 6.14. The van der Waals surface area contributed by atoms with Gasteiger partial charge in [0.15, 0.2) is 0 Å². The lowest BCUT2D eigenvalue weighted by molar-refractivity contribution is 0.128. The number of rotatable bonds is 4. The highest BCUT2D eigenvalue weighted by Gasteiger charge is 2.32. The second-order valence-corrected chi connectivity index (χ2v) is 6.14. The molecule has 4 heteroatoms. The van der Waals surface area contributed by atoms with E-state index in [9.17, 15) is 0 Å². The zero-order chi connectivity index (χ0) is 13.1. The number of hydrogen-bond acceptors (Lipinski definition) is 4. The van der Waals surface area contributed by atoms with Crippen LogP contribution >= 0.6 is 0 Å². The van der Waals surface area contributed by atoms with E-state index in [0.717, 1.165) is 12.4 Å². The number of nitrogen functional groups attached to an aromatic ring is 1. The molecule has 1 aromatic rings. The minimum absolute atomic E-state index is 0.216. The summed E-state index contributed by atoms with van der Waals surface area (Å²) in [5.74, 6) is 1.27. The van der Waals surface area contributed by atoms with Crippen molar-refractivity contribution < 1.29 is 0 Å². The highest BCUT2D eigenvalue weighted by molar-refractivity contribution is 5.24. The van der Waals surface area contributed by atoms with Crippen molar-refractivity contribution in [1.82, 2.24) is 15.3 Å². The Labute approximate surface area is 104 Å². The number of nitrogens with two attached hydrogens (primary N) is 1. The molecule has 1 aromatic heterocycles. The number of nitrogens with zero attached hydrogens (tertiary/aromatic N) is 2. The first-order chi connectivity index (χ1) is 7.72. The molecular formula is C13H24N4. The van der Waals surface area contributed by atoms with Crippen LogP contribution in [0.5, 0.6) is 0 Å². The third kappa shape index (κ3) is 3.97. The van der Waals surface area contributed by atoms with Crippen LogP contribution in [0.15, 0.2) is 12.3 Å². The fraction of sp³-hybridized carbons (Fsp3) is 0.692. The molecule has 0 aliphatic rings. The molecule has 0 bridgehead atoms. The first kappa shape index (κ1) is 13.9. The smallest absolute Gasteiger partial charge is 0.144 e. The van der Waals surface area contributed by atoms with Crippen LogP contribution in [0.25, 0.3) is 0 Å². The summed E-state index contributed by atoms with van der Waals surface area (Å²) >= 11 is 0. The van der Waals surface area contributed by atoms with Crippen LogP contribution in [0.1, 0.15) is 40.4 Å². The van der Waals surface area contributed by atoms with Gasteiger partial charge >= 0.3 is 0 Å². The van der Waals surface area contributed by atoms with Crippen LogP contribution in [0.2, 0.25) is 0 Å². The Morgan fingerprint density at radius 1 is 1.24 bits per heavy atom. The number of nitrogens with one attached hydrogen (secondary N) is 1. The van der Waals surface area contributed by atoms with Crippen molar-refractivity contribution in [2.45, 2.75) is 41.2 Å². The molecule has 0 aliphatic carbocycles. The minimum Gasteiger partial charge on any atom is -0.384 e. The van der Waals surface area contributed by atoms with Crippen molar-refractivity contribution in [2.75, 3.05) is 12.3 Å². The van der Waals surface area contributed by atoms with Gasteiger partial charge in [0, 0.05) is 12.7 Å². The largest absolute Gasteiger partial charge is 0.384 e. The average Bonchev–Trinajstić information content (AvgIpc) is 2.15. The molecular weight excluding hydrogens is 212 g/mol. The molecule has 0 saturated carbocycles. The molecule has 0 saturated heterocycles. The van der Waals surface area contributed by atoms with Crippen LogP contribution in [-0.2, 0) is 6.54 Å². The Bertz CT molecular complexity index is 366. The molecule has 0 amide bonds. The molecule has 0 aliphatic heterocycles. The Balaban J connectivity index is 2.48. The fourth-order valence-electron chi connectivity index (χ4n) is 1.25. The van der Waals surface area contributed by atoms with Gasteiger partial charge in [0.05, 0.1) is 6.54 Å². The van der Waals surface area contributed by atoms with Gasteiger partial charge in [-0.2, -0.15) is 0 Å². The molecule has 17 heavy (non-hydrogen) atoms. The zero-order valence-electron chi connectivity index (χ0n) is 11.5. The van der Waals surface area contributed by atoms with Gasteiger partial charge in [-0.1, -0.05) is 34.6 Å². The third-order valence-corrected chi connectivity index (χ3v) is 3.61. The summed E-state index contributed by atoms with van der Waals surface area (Å²) < 4.78 is 0. The average molecular weight is 236 g/mol. The number of anilines is 1. The van der Waals surface area contributed by atoms with Crippen LogP contribution in [0.3, 0.4) is 0 Å². The summed E-state index contributed by atoms with van der Waals surface area (Å²) in [5.41, 5.74) is 6.08. The van der Waals surface area contributed by atoms with E-state index in [4.69, 9.17) is 5.73 Å². The highest BCUT2D eigenvalue weighted by atomic mass is 15.0. The van der Waals surface area contributed by atoms with Crippen molar-refractivity contribution in [1.29, 1.82) is 0 Å².